The minimum Gasteiger partial charge on any atom is -0.379 e. The van der Waals surface area contributed by atoms with Gasteiger partial charge < -0.3 is 10.4 Å². The predicted molar refractivity (Wildman–Crippen MR) is 105 cm³/mol. The van der Waals surface area contributed by atoms with Gasteiger partial charge in [0.1, 0.15) is 0 Å². The number of nitro groups is 1. The highest BCUT2D eigenvalue weighted by atomic mass is 32.2. The van der Waals surface area contributed by atoms with Gasteiger partial charge in [0.25, 0.3) is 11.6 Å². The van der Waals surface area contributed by atoms with Gasteiger partial charge in [-0.3, -0.25) is 19.1 Å². The number of nitrogens with zero attached hydrogens (tertiary/aromatic N) is 1. The summed E-state index contributed by atoms with van der Waals surface area (Å²) < 4.78 is 130. The van der Waals surface area contributed by atoms with E-state index in [1.807, 2.05) is 0 Å². The smallest absolute Gasteiger partial charge is 0.379 e. The number of non-ortho nitro benzene ring substituents is 1. The number of hydrogen-bond acceptors (Lipinski definition) is 5. The van der Waals surface area contributed by atoms with Crippen LogP contribution in [-0.4, -0.2) is 31.5 Å². The fraction of sp³-hybridized carbons (Fsp3) is 0.316. The summed E-state index contributed by atoms with van der Waals surface area (Å²) in [5.41, 5.74) is -10.2. The van der Waals surface area contributed by atoms with Crippen molar-refractivity contribution in [2.75, 3.05) is 11.1 Å². The summed E-state index contributed by atoms with van der Waals surface area (Å²) in [5, 5.41) is 22.7. The van der Waals surface area contributed by atoms with Gasteiger partial charge in [-0.15, -0.1) is 0 Å². The highest BCUT2D eigenvalue weighted by molar-refractivity contribution is 7.85. The van der Waals surface area contributed by atoms with Gasteiger partial charge in [-0.05, 0) is 31.2 Å². The average molecular weight is 552 g/mol. The molecule has 0 saturated heterocycles. The third kappa shape index (κ3) is 6.93. The Balaban J connectivity index is 2.38. The number of nitro benzene ring substituents is 1. The van der Waals surface area contributed by atoms with Gasteiger partial charge in [0.15, 0.2) is 5.60 Å². The van der Waals surface area contributed by atoms with E-state index in [2.05, 4.69) is 0 Å². The van der Waals surface area contributed by atoms with Gasteiger partial charge in [-0.1, -0.05) is 0 Å². The van der Waals surface area contributed by atoms with Crippen molar-refractivity contribution < 1.29 is 58.5 Å². The SMILES string of the molecule is CC(O)(CS(=O)c1cc(C(F)(F)F)cc(C(F)(F)F)c1)C(=O)Nc1ccc([N+](=O)[O-])cc1C(F)(F)F. The molecule has 0 aliphatic heterocycles. The van der Waals surface area contributed by atoms with Crippen molar-refractivity contribution in [1.82, 2.24) is 0 Å². The summed E-state index contributed by atoms with van der Waals surface area (Å²) >= 11 is 0. The molecule has 0 fully saturated rings. The summed E-state index contributed by atoms with van der Waals surface area (Å²) in [6.07, 6.45) is -15.8. The standard InChI is InChI=1S/C19H13F9N2O5S/c1-16(32,15(31)29-14-3-2-11(30(33)34)7-13(14)19(26,27)28)8-36(35)12-5-9(17(20,21)22)4-10(6-12)18(23,24)25/h2-7,32H,8H2,1H3,(H,29,31). The van der Waals surface area contributed by atoms with E-state index >= 15 is 0 Å². The fourth-order valence-electron chi connectivity index (χ4n) is 2.71. The first-order chi connectivity index (χ1) is 16.1. The lowest BCUT2D eigenvalue weighted by molar-refractivity contribution is -0.385. The third-order valence-electron chi connectivity index (χ3n) is 4.49. The van der Waals surface area contributed by atoms with Gasteiger partial charge in [-0.2, -0.15) is 39.5 Å². The number of anilines is 1. The van der Waals surface area contributed by atoms with E-state index in [0.29, 0.717) is 19.1 Å². The number of amides is 1. The molecule has 36 heavy (non-hydrogen) atoms. The number of carbonyl (C=O) groups excluding carboxylic acids is 1. The lowest BCUT2D eigenvalue weighted by atomic mass is 10.1. The maximum atomic E-state index is 13.3. The topological polar surface area (TPSA) is 110 Å². The first-order valence-corrected chi connectivity index (χ1v) is 10.5. The third-order valence-corrected chi connectivity index (χ3v) is 6.08. The van der Waals surface area contributed by atoms with E-state index in [9.17, 15) is 63.7 Å². The molecule has 0 radical (unpaired) electrons. The molecule has 2 aromatic carbocycles. The molecule has 17 heteroatoms. The molecule has 0 heterocycles. The Kier molecular flexibility index (Phi) is 7.81. The summed E-state index contributed by atoms with van der Waals surface area (Å²) in [4.78, 5) is 20.9. The van der Waals surface area contributed by atoms with Gasteiger partial charge in [-0.25, -0.2) is 0 Å². The molecule has 7 nitrogen and oxygen atoms in total. The lowest BCUT2D eigenvalue weighted by Crippen LogP contribution is -2.45. The first-order valence-electron chi connectivity index (χ1n) is 9.20. The van der Waals surface area contributed by atoms with Crippen LogP contribution in [0.4, 0.5) is 50.9 Å². The van der Waals surface area contributed by atoms with Crippen molar-refractivity contribution in [3.8, 4) is 0 Å². The van der Waals surface area contributed by atoms with E-state index < -0.39 is 84.5 Å². The molecular weight excluding hydrogens is 539 g/mol. The zero-order valence-electron chi connectivity index (χ0n) is 17.5. The minimum atomic E-state index is -5.27. The minimum absolute atomic E-state index is 0.0871. The molecule has 0 spiro atoms. The highest BCUT2D eigenvalue weighted by Crippen LogP contribution is 2.39. The Morgan fingerprint density at radius 1 is 0.944 bits per heavy atom. The van der Waals surface area contributed by atoms with Crippen molar-refractivity contribution in [3.05, 3.63) is 63.2 Å². The van der Waals surface area contributed by atoms with Crippen molar-refractivity contribution in [2.45, 2.75) is 35.9 Å². The summed E-state index contributed by atoms with van der Waals surface area (Å²) in [7, 11) is -2.88. The summed E-state index contributed by atoms with van der Waals surface area (Å²) in [6.45, 7) is 0.608. The van der Waals surface area contributed by atoms with Crippen molar-refractivity contribution in [1.29, 1.82) is 0 Å². The number of halogens is 9. The summed E-state index contributed by atoms with van der Waals surface area (Å²) in [5.74, 6) is -2.98. The van der Waals surface area contributed by atoms with Gasteiger partial charge in [0, 0.05) is 17.0 Å². The lowest BCUT2D eigenvalue weighted by Gasteiger charge is -2.23. The van der Waals surface area contributed by atoms with Crippen LogP contribution in [-0.2, 0) is 34.1 Å². The Hall–Kier alpha value is -3.21. The van der Waals surface area contributed by atoms with Crippen molar-refractivity contribution in [3.63, 3.8) is 0 Å². The molecule has 0 saturated carbocycles. The molecule has 2 rings (SSSR count). The summed E-state index contributed by atoms with van der Waals surface area (Å²) in [6, 6.07) is 1.16. The molecule has 2 N–H and O–H groups in total. The number of aliphatic hydroxyl groups is 1. The van der Waals surface area contributed by atoms with E-state index in [-0.39, 0.29) is 24.3 Å². The second kappa shape index (κ2) is 9.68. The molecular formula is C19H13F9N2O5S. The van der Waals surface area contributed by atoms with Crippen LogP contribution in [0.5, 0.6) is 0 Å². The molecule has 0 aliphatic rings. The van der Waals surface area contributed by atoms with E-state index in [1.165, 1.54) is 0 Å². The average Bonchev–Trinajstić information content (AvgIpc) is 2.71. The van der Waals surface area contributed by atoms with Crippen LogP contribution in [0.15, 0.2) is 41.3 Å². The van der Waals surface area contributed by atoms with Gasteiger partial charge in [0.2, 0.25) is 0 Å². The number of alkyl halides is 9. The first kappa shape index (κ1) is 29.0. The number of benzene rings is 2. The highest BCUT2D eigenvalue weighted by Gasteiger charge is 2.40. The van der Waals surface area contributed by atoms with Crippen molar-refractivity contribution in [2.24, 2.45) is 0 Å². The monoisotopic (exact) mass is 552 g/mol. The molecule has 2 unspecified atom stereocenters. The Morgan fingerprint density at radius 3 is 1.86 bits per heavy atom. The predicted octanol–water partition coefficient (Wildman–Crippen LogP) is 5.15. The fourth-order valence-corrected chi connectivity index (χ4v) is 4.03. The van der Waals surface area contributed by atoms with E-state index in [0.717, 1.165) is 0 Å². The number of nitrogens with one attached hydrogen (secondary N) is 1. The van der Waals surface area contributed by atoms with E-state index in [4.69, 9.17) is 0 Å². The van der Waals surface area contributed by atoms with Gasteiger partial charge in [0.05, 0.1) is 43.9 Å². The Bertz CT molecular complexity index is 1180. The van der Waals surface area contributed by atoms with Gasteiger partial charge >= 0.3 is 18.5 Å². The molecule has 198 valence electrons. The maximum Gasteiger partial charge on any atom is 0.418 e. The normalized spacial score (nSPS) is 15.2. The number of hydrogen-bond donors (Lipinski definition) is 2. The zero-order valence-corrected chi connectivity index (χ0v) is 18.3. The molecule has 2 aromatic rings. The van der Waals surface area contributed by atoms with Crippen LogP contribution in [0, 0.1) is 10.1 Å². The van der Waals surface area contributed by atoms with E-state index in [1.54, 1.807) is 5.32 Å². The molecule has 0 aliphatic carbocycles. The van der Waals surface area contributed by atoms with Crippen LogP contribution >= 0.6 is 0 Å². The molecule has 1 amide bonds. The Labute approximate surface area is 197 Å². The largest absolute Gasteiger partial charge is 0.418 e. The van der Waals surface area contributed by atoms with Crippen LogP contribution < -0.4 is 5.32 Å². The molecule has 2 atom stereocenters. The number of carbonyl (C=O) groups is 1. The maximum absolute atomic E-state index is 13.3. The van der Waals surface area contributed by atoms with Crippen LogP contribution in [0.25, 0.3) is 0 Å². The van der Waals surface area contributed by atoms with Crippen LogP contribution in [0.1, 0.15) is 23.6 Å². The van der Waals surface area contributed by atoms with Crippen molar-refractivity contribution >= 4 is 28.1 Å². The molecule has 0 bridgehead atoms. The quantitative estimate of drug-likeness (QED) is 0.293. The van der Waals surface area contributed by atoms with Crippen LogP contribution in [0.2, 0.25) is 0 Å². The van der Waals surface area contributed by atoms with Crippen LogP contribution in [0.3, 0.4) is 0 Å². The Morgan fingerprint density at radius 2 is 1.44 bits per heavy atom. The zero-order chi connectivity index (χ0) is 27.9. The second-order valence-corrected chi connectivity index (χ2v) is 8.90. The molecule has 0 aromatic heterocycles. The number of rotatable bonds is 6. The second-order valence-electron chi connectivity index (χ2n) is 7.44.